The third kappa shape index (κ3) is 3.58. The Balaban J connectivity index is 2.19. The van der Waals surface area contributed by atoms with Gasteiger partial charge in [-0.1, -0.05) is 13.0 Å². The van der Waals surface area contributed by atoms with Gasteiger partial charge in [-0.2, -0.15) is 0 Å². The van der Waals surface area contributed by atoms with Gasteiger partial charge in [0, 0.05) is 19.1 Å². The molecule has 0 radical (unpaired) electrons. The van der Waals surface area contributed by atoms with Crippen LogP contribution in [-0.4, -0.2) is 47.4 Å². The zero-order valence-electron chi connectivity index (χ0n) is 11.9. The Kier molecular flexibility index (Phi) is 5.15. The number of hydrogen-bond donors (Lipinski definition) is 2. The van der Waals surface area contributed by atoms with Crippen LogP contribution in [0.15, 0.2) is 18.2 Å². The molecule has 0 aromatic heterocycles. The van der Waals surface area contributed by atoms with Gasteiger partial charge >= 0.3 is 7.12 Å². The minimum absolute atomic E-state index is 0.153. The molecule has 2 rings (SSSR count). The summed E-state index contributed by atoms with van der Waals surface area (Å²) in [5.74, 6) is -0.459. The molecule has 1 saturated heterocycles. The van der Waals surface area contributed by atoms with Crippen LogP contribution in [0, 0.1) is 5.82 Å². The van der Waals surface area contributed by atoms with Crippen molar-refractivity contribution in [1.29, 1.82) is 0 Å². The first-order chi connectivity index (χ1) is 9.51. The highest BCUT2D eigenvalue weighted by atomic mass is 19.1. The van der Waals surface area contributed by atoms with Crippen molar-refractivity contribution < 1.29 is 19.2 Å². The number of morpholine rings is 1. The third-order valence-electron chi connectivity index (χ3n) is 3.81. The first kappa shape index (κ1) is 15.4. The monoisotopic (exact) mass is 281 g/mol. The van der Waals surface area contributed by atoms with Crippen molar-refractivity contribution in [3.63, 3.8) is 0 Å². The topological polar surface area (TPSA) is 52.9 Å². The zero-order valence-corrected chi connectivity index (χ0v) is 11.9. The Labute approximate surface area is 119 Å². The summed E-state index contributed by atoms with van der Waals surface area (Å²) in [5, 5.41) is 18.8. The van der Waals surface area contributed by atoms with Crippen molar-refractivity contribution in [1.82, 2.24) is 4.90 Å². The van der Waals surface area contributed by atoms with E-state index in [0.29, 0.717) is 19.2 Å². The maximum absolute atomic E-state index is 13.2. The predicted molar refractivity (Wildman–Crippen MR) is 76.1 cm³/mol. The summed E-state index contributed by atoms with van der Waals surface area (Å²) in [6.45, 7) is 6.15. The average Bonchev–Trinajstić information content (AvgIpc) is 2.41. The van der Waals surface area contributed by atoms with Crippen LogP contribution in [0.2, 0.25) is 0 Å². The summed E-state index contributed by atoms with van der Waals surface area (Å²) in [7, 11) is -1.65. The lowest BCUT2D eigenvalue weighted by Crippen LogP contribution is -2.49. The van der Waals surface area contributed by atoms with Gasteiger partial charge in [0.25, 0.3) is 0 Å². The quantitative estimate of drug-likeness (QED) is 0.789. The molecule has 0 saturated carbocycles. The summed E-state index contributed by atoms with van der Waals surface area (Å²) >= 11 is 0. The molecule has 2 N–H and O–H groups in total. The van der Waals surface area contributed by atoms with Gasteiger partial charge in [0.05, 0.1) is 12.7 Å². The van der Waals surface area contributed by atoms with Gasteiger partial charge in [-0.15, -0.1) is 0 Å². The highest BCUT2D eigenvalue weighted by molar-refractivity contribution is 6.59. The van der Waals surface area contributed by atoms with Gasteiger partial charge < -0.3 is 14.8 Å². The van der Waals surface area contributed by atoms with Gasteiger partial charge in [0.2, 0.25) is 0 Å². The van der Waals surface area contributed by atoms with Crippen LogP contribution in [0.25, 0.3) is 0 Å². The number of rotatable bonds is 4. The van der Waals surface area contributed by atoms with E-state index < -0.39 is 12.9 Å². The summed E-state index contributed by atoms with van der Waals surface area (Å²) in [5.41, 5.74) is 0.980. The number of hydrogen-bond acceptors (Lipinski definition) is 4. The molecule has 0 aliphatic carbocycles. The second-order valence-electron chi connectivity index (χ2n) is 5.35. The smallest absolute Gasteiger partial charge is 0.423 e. The van der Waals surface area contributed by atoms with Crippen LogP contribution in [0.1, 0.15) is 25.8 Å². The maximum atomic E-state index is 13.2. The van der Waals surface area contributed by atoms with Gasteiger partial charge in [0.15, 0.2) is 0 Å². The van der Waals surface area contributed by atoms with Crippen LogP contribution >= 0.6 is 0 Å². The average molecular weight is 281 g/mol. The first-order valence-electron chi connectivity index (χ1n) is 7.01. The fourth-order valence-corrected chi connectivity index (χ4v) is 2.65. The Hall–Kier alpha value is -0.945. The number of nitrogens with zero attached hydrogens (tertiary/aromatic N) is 1. The molecule has 110 valence electrons. The van der Waals surface area contributed by atoms with Crippen LogP contribution in [-0.2, 0) is 11.3 Å². The van der Waals surface area contributed by atoms with Crippen LogP contribution < -0.4 is 5.46 Å². The van der Waals surface area contributed by atoms with E-state index in [1.807, 2.05) is 6.92 Å². The van der Waals surface area contributed by atoms with E-state index in [9.17, 15) is 14.4 Å². The van der Waals surface area contributed by atoms with E-state index in [1.165, 1.54) is 12.1 Å². The summed E-state index contributed by atoms with van der Waals surface area (Å²) in [4.78, 5) is 2.26. The van der Waals surface area contributed by atoms with Gasteiger partial charge in [-0.3, -0.25) is 4.90 Å². The number of ether oxygens (including phenoxy) is 1. The molecule has 4 nitrogen and oxygen atoms in total. The second-order valence-corrected chi connectivity index (χ2v) is 5.35. The molecule has 0 bridgehead atoms. The largest absolute Gasteiger partial charge is 0.488 e. The summed E-state index contributed by atoms with van der Waals surface area (Å²) in [6.07, 6.45) is 1.12. The lowest BCUT2D eigenvalue weighted by Gasteiger charge is -2.38. The Morgan fingerprint density at radius 2 is 2.20 bits per heavy atom. The number of halogens is 1. The lowest BCUT2D eigenvalue weighted by atomic mass is 9.76. The molecule has 1 aromatic rings. The lowest BCUT2D eigenvalue weighted by molar-refractivity contribution is -0.0591. The van der Waals surface area contributed by atoms with Crippen molar-refractivity contribution in [3.05, 3.63) is 29.6 Å². The van der Waals surface area contributed by atoms with E-state index in [4.69, 9.17) is 4.74 Å². The molecular weight excluding hydrogens is 260 g/mol. The minimum atomic E-state index is -1.65. The fraction of sp³-hybridized carbons (Fsp3) is 0.571. The normalized spacial score (nSPS) is 23.9. The summed E-state index contributed by atoms with van der Waals surface area (Å²) < 4.78 is 18.9. The van der Waals surface area contributed by atoms with Crippen molar-refractivity contribution in [3.8, 4) is 0 Å². The predicted octanol–water partition coefficient (Wildman–Crippen LogP) is 0.505. The van der Waals surface area contributed by atoms with E-state index >= 15 is 0 Å². The fourth-order valence-electron chi connectivity index (χ4n) is 2.65. The molecule has 1 aromatic carbocycles. The molecule has 2 atom stereocenters. The molecule has 2 unspecified atom stereocenters. The van der Waals surface area contributed by atoms with Crippen molar-refractivity contribution in [2.75, 3.05) is 13.2 Å². The van der Waals surface area contributed by atoms with Crippen LogP contribution in [0.5, 0.6) is 0 Å². The van der Waals surface area contributed by atoms with E-state index in [1.54, 1.807) is 6.07 Å². The second kappa shape index (κ2) is 6.67. The molecule has 6 heteroatoms. The first-order valence-corrected chi connectivity index (χ1v) is 7.01. The third-order valence-corrected chi connectivity index (χ3v) is 3.81. The molecule has 20 heavy (non-hydrogen) atoms. The summed E-state index contributed by atoms with van der Waals surface area (Å²) in [6, 6.07) is 4.47. The van der Waals surface area contributed by atoms with Gasteiger partial charge in [-0.05, 0) is 36.5 Å². The van der Waals surface area contributed by atoms with E-state index in [2.05, 4.69) is 11.8 Å². The molecule has 0 spiro atoms. The SMILES string of the molecule is CCC1COC(C)CN1Cc1ccc(F)cc1B(O)O. The molecule has 1 aliphatic heterocycles. The van der Waals surface area contributed by atoms with Crippen LogP contribution in [0.4, 0.5) is 4.39 Å². The molecule has 1 heterocycles. The zero-order chi connectivity index (χ0) is 14.7. The van der Waals surface area contributed by atoms with Crippen molar-refractivity contribution in [2.45, 2.75) is 39.0 Å². The number of benzene rings is 1. The standard InChI is InChI=1S/C14H21BFNO3/c1-3-13-9-20-10(2)7-17(13)8-11-4-5-12(16)6-14(11)15(18)19/h4-6,10,13,18-19H,3,7-9H2,1-2H3. The molecular formula is C14H21BFNO3. The molecule has 1 aliphatic rings. The van der Waals surface area contributed by atoms with E-state index in [0.717, 1.165) is 18.5 Å². The maximum Gasteiger partial charge on any atom is 0.488 e. The van der Waals surface area contributed by atoms with Gasteiger partial charge in [0.1, 0.15) is 5.82 Å². The Morgan fingerprint density at radius 3 is 2.85 bits per heavy atom. The molecule has 0 amide bonds. The van der Waals surface area contributed by atoms with E-state index in [-0.39, 0.29) is 11.6 Å². The molecule has 1 fully saturated rings. The Morgan fingerprint density at radius 1 is 1.45 bits per heavy atom. The van der Waals surface area contributed by atoms with Crippen molar-refractivity contribution >= 4 is 12.6 Å². The highest BCUT2D eigenvalue weighted by Gasteiger charge is 2.27. The van der Waals surface area contributed by atoms with Crippen molar-refractivity contribution in [2.24, 2.45) is 0 Å². The Bertz CT molecular complexity index is 458. The van der Waals surface area contributed by atoms with Crippen LogP contribution in [0.3, 0.4) is 0 Å². The minimum Gasteiger partial charge on any atom is -0.423 e. The highest BCUT2D eigenvalue weighted by Crippen LogP contribution is 2.17. The van der Waals surface area contributed by atoms with Gasteiger partial charge in [-0.25, -0.2) is 4.39 Å².